The van der Waals surface area contributed by atoms with Crippen LogP contribution < -0.4 is 0 Å². The number of hydrogen-bond donors (Lipinski definition) is 0. The Kier molecular flexibility index (Phi) is 3.02. The zero-order chi connectivity index (χ0) is 14.2. The first-order valence-corrected chi connectivity index (χ1v) is 7.35. The molecule has 96 valence electrons. The van der Waals surface area contributed by atoms with Crippen molar-refractivity contribution in [2.75, 3.05) is 0 Å². The van der Waals surface area contributed by atoms with Crippen molar-refractivity contribution < 1.29 is 1.37 Å². The second kappa shape index (κ2) is 5.14. The summed E-state index contributed by atoms with van der Waals surface area (Å²) < 4.78 is 10.2. The molecule has 3 aromatic rings. The van der Waals surface area contributed by atoms with E-state index >= 15 is 0 Å². The molecule has 0 aliphatic heterocycles. The number of aromatic nitrogens is 1. The first-order chi connectivity index (χ1) is 9.62. The van der Waals surface area contributed by atoms with Crippen LogP contribution in [0.1, 0.15) is 31.7 Å². The average molecular weight is 268 g/mol. The molecule has 0 radical (unpaired) electrons. The monoisotopic (exact) mass is 268 g/mol. The standard InChI is InChI=1S/C17H17NS/c1-12(2)16(13-8-4-3-5-9-13)17-18-14-10-6-7-11-15(14)19-17/h3-12,16H,1-2H3/t16-/m1/s1/i16D. The van der Waals surface area contributed by atoms with E-state index in [2.05, 4.69) is 19.9 Å². The van der Waals surface area contributed by atoms with Gasteiger partial charge in [-0.3, -0.25) is 0 Å². The number of fused-ring (bicyclic) bond motifs is 1. The average Bonchev–Trinajstić information content (AvgIpc) is 2.91. The first-order valence-electron chi connectivity index (χ1n) is 7.04. The van der Waals surface area contributed by atoms with Gasteiger partial charge in [-0.15, -0.1) is 11.3 Å². The Bertz CT molecular complexity index is 687. The summed E-state index contributed by atoms with van der Waals surface area (Å²) in [5.74, 6) is -0.629. The minimum absolute atomic E-state index is 0.158. The molecular formula is C17H17NS. The number of nitrogens with zero attached hydrogens (tertiary/aromatic N) is 1. The van der Waals surface area contributed by atoms with Crippen LogP contribution >= 0.6 is 11.3 Å². The number of hydrogen-bond acceptors (Lipinski definition) is 2. The Morgan fingerprint density at radius 3 is 2.37 bits per heavy atom. The fourth-order valence-electron chi connectivity index (χ4n) is 2.31. The molecule has 0 bridgehead atoms. The van der Waals surface area contributed by atoms with Crippen LogP contribution in [0.3, 0.4) is 0 Å². The van der Waals surface area contributed by atoms with Crippen LogP contribution in [0.2, 0.25) is 0 Å². The van der Waals surface area contributed by atoms with Crippen molar-refractivity contribution in [2.24, 2.45) is 5.92 Å². The number of thiazole rings is 1. The van der Waals surface area contributed by atoms with E-state index in [1.165, 1.54) is 0 Å². The van der Waals surface area contributed by atoms with E-state index in [4.69, 9.17) is 6.35 Å². The Morgan fingerprint density at radius 2 is 1.68 bits per heavy atom. The van der Waals surface area contributed by atoms with Gasteiger partial charge >= 0.3 is 0 Å². The Hall–Kier alpha value is -1.67. The zero-order valence-electron chi connectivity index (χ0n) is 12.1. The molecule has 0 N–H and O–H groups in total. The van der Waals surface area contributed by atoms with E-state index in [1.54, 1.807) is 11.3 Å². The van der Waals surface area contributed by atoms with E-state index in [0.29, 0.717) is 0 Å². The second-order valence-corrected chi connectivity index (χ2v) is 5.95. The molecule has 0 aliphatic carbocycles. The molecule has 0 saturated carbocycles. The molecule has 1 heterocycles. The fraction of sp³-hybridized carbons (Fsp3) is 0.235. The molecule has 2 heteroatoms. The molecule has 0 aliphatic rings. The van der Waals surface area contributed by atoms with Gasteiger partial charge in [-0.2, -0.15) is 0 Å². The molecule has 0 fully saturated rings. The van der Waals surface area contributed by atoms with Crippen molar-refractivity contribution in [3.05, 3.63) is 65.2 Å². The third kappa shape index (κ3) is 2.41. The molecule has 1 nitrogen and oxygen atoms in total. The zero-order valence-corrected chi connectivity index (χ0v) is 11.9. The lowest BCUT2D eigenvalue weighted by Crippen LogP contribution is -2.07. The van der Waals surface area contributed by atoms with Gasteiger partial charge in [0.15, 0.2) is 0 Å². The third-order valence-corrected chi connectivity index (χ3v) is 4.26. The van der Waals surface area contributed by atoms with Gasteiger partial charge in [0.2, 0.25) is 0 Å². The summed E-state index contributed by atoms with van der Waals surface area (Å²) in [6, 6.07) is 18.1. The van der Waals surface area contributed by atoms with Gasteiger partial charge in [-0.05, 0) is 23.6 Å². The fourth-order valence-corrected chi connectivity index (χ4v) is 3.49. The van der Waals surface area contributed by atoms with Gasteiger partial charge in [0.05, 0.1) is 10.2 Å². The van der Waals surface area contributed by atoms with E-state index in [1.807, 2.05) is 48.5 Å². The molecule has 0 spiro atoms. The molecular weight excluding hydrogens is 250 g/mol. The van der Waals surface area contributed by atoms with Gasteiger partial charge in [0, 0.05) is 7.26 Å². The highest BCUT2D eigenvalue weighted by Crippen LogP contribution is 2.36. The minimum atomic E-state index is -0.787. The smallest absolute Gasteiger partial charge is 0.102 e. The summed E-state index contributed by atoms with van der Waals surface area (Å²) in [6.45, 7) is 4.18. The van der Waals surface area contributed by atoms with Gasteiger partial charge < -0.3 is 0 Å². The normalized spacial score (nSPS) is 15.4. The number of para-hydroxylation sites is 1. The summed E-state index contributed by atoms with van der Waals surface area (Å²) in [5, 5.41) is 0.875. The van der Waals surface area contributed by atoms with Crippen LogP contribution in [0, 0.1) is 5.92 Å². The highest BCUT2D eigenvalue weighted by Gasteiger charge is 2.21. The van der Waals surface area contributed by atoms with Crippen LogP contribution in [0.25, 0.3) is 10.2 Å². The summed E-state index contributed by atoms with van der Waals surface area (Å²) in [6.07, 6.45) is 0. The van der Waals surface area contributed by atoms with Crippen LogP contribution in [-0.2, 0) is 0 Å². The van der Waals surface area contributed by atoms with E-state index in [9.17, 15) is 0 Å². The Labute approximate surface area is 119 Å². The molecule has 0 unspecified atom stereocenters. The van der Waals surface area contributed by atoms with E-state index in [-0.39, 0.29) is 5.92 Å². The highest BCUT2D eigenvalue weighted by molar-refractivity contribution is 7.18. The minimum Gasteiger partial charge on any atom is -0.241 e. The third-order valence-electron chi connectivity index (χ3n) is 3.19. The predicted molar refractivity (Wildman–Crippen MR) is 82.7 cm³/mol. The molecule has 19 heavy (non-hydrogen) atoms. The Balaban J connectivity index is 2.20. The maximum absolute atomic E-state index is 9.04. The molecule has 1 aromatic heterocycles. The molecule has 1 atom stereocenters. The molecule has 2 aromatic carbocycles. The lowest BCUT2D eigenvalue weighted by molar-refractivity contribution is 0.562. The van der Waals surface area contributed by atoms with E-state index in [0.717, 1.165) is 20.8 Å². The van der Waals surface area contributed by atoms with Gasteiger partial charge in [-0.25, -0.2) is 4.98 Å². The predicted octanol–water partition coefficient (Wildman–Crippen LogP) is 5.08. The second-order valence-electron chi connectivity index (χ2n) is 4.92. The largest absolute Gasteiger partial charge is 0.241 e. The van der Waals surface area contributed by atoms with Gasteiger partial charge in [0.1, 0.15) is 5.01 Å². The van der Waals surface area contributed by atoms with Crippen molar-refractivity contribution in [2.45, 2.75) is 19.7 Å². The number of rotatable bonds is 3. The van der Waals surface area contributed by atoms with Crippen LogP contribution in [0.15, 0.2) is 54.6 Å². The van der Waals surface area contributed by atoms with Crippen molar-refractivity contribution in [3.8, 4) is 0 Å². The van der Waals surface area contributed by atoms with Crippen LogP contribution in [-0.4, -0.2) is 4.98 Å². The quantitative estimate of drug-likeness (QED) is 0.645. The topological polar surface area (TPSA) is 12.9 Å². The van der Waals surface area contributed by atoms with Crippen molar-refractivity contribution >= 4 is 21.6 Å². The van der Waals surface area contributed by atoms with Crippen molar-refractivity contribution in [3.63, 3.8) is 0 Å². The van der Waals surface area contributed by atoms with E-state index < -0.39 is 5.89 Å². The molecule has 0 amide bonds. The summed E-state index contributed by atoms with van der Waals surface area (Å²) in [4.78, 5) is 4.71. The van der Waals surface area contributed by atoms with Crippen molar-refractivity contribution in [1.82, 2.24) is 4.98 Å². The Morgan fingerprint density at radius 1 is 1.00 bits per heavy atom. The van der Waals surface area contributed by atoms with Crippen LogP contribution in [0.4, 0.5) is 0 Å². The van der Waals surface area contributed by atoms with Gasteiger partial charge in [-0.1, -0.05) is 56.3 Å². The summed E-state index contributed by atoms with van der Waals surface area (Å²) in [5.41, 5.74) is 2.00. The lowest BCUT2D eigenvalue weighted by atomic mass is 9.89. The summed E-state index contributed by atoms with van der Waals surface area (Å²) >= 11 is 1.63. The lowest BCUT2D eigenvalue weighted by Gasteiger charge is -2.18. The van der Waals surface area contributed by atoms with Gasteiger partial charge in [0.25, 0.3) is 0 Å². The highest BCUT2D eigenvalue weighted by atomic mass is 32.1. The molecule has 3 rings (SSSR count). The molecule has 0 saturated heterocycles. The summed E-state index contributed by atoms with van der Waals surface area (Å²) in [7, 11) is 0. The maximum Gasteiger partial charge on any atom is 0.102 e. The SMILES string of the molecule is [2H][C@@](c1ccccc1)(c1nc2ccccc2s1)C(C)C. The maximum atomic E-state index is 9.04. The van der Waals surface area contributed by atoms with Crippen LogP contribution in [0.5, 0.6) is 0 Å². The first kappa shape index (κ1) is 11.2. The number of benzene rings is 2. The van der Waals surface area contributed by atoms with Crippen molar-refractivity contribution in [1.29, 1.82) is 0 Å².